The molecule has 29 heavy (non-hydrogen) atoms. The maximum atomic E-state index is 12.9. The van der Waals surface area contributed by atoms with Crippen molar-refractivity contribution >= 4 is 17.8 Å². The SMILES string of the molecule is COc1cccc(C(=O)NCC(=O)O[C@H](C(=O)N2CCCC2)c2ccccc2)c1. The summed E-state index contributed by atoms with van der Waals surface area (Å²) >= 11 is 0. The third kappa shape index (κ3) is 5.34. The Kier molecular flexibility index (Phi) is 6.84. The second kappa shape index (κ2) is 9.73. The summed E-state index contributed by atoms with van der Waals surface area (Å²) in [7, 11) is 1.51. The van der Waals surface area contributed by atoms with E-state index in [1.807, 2.05) is 6.07 Å². The fourth-order valence-corrected chi connectivity index (χ4v) is 3.18. The van der Waals surface area contributed by atoms with Crippen LogP contribution in [0.1, 0.15) is 34.9 Å². The number of benzene rings is 2. The van der Waals surface area contributed by atoms with Crippen molar-refractivity contribution in [3.63, 3.8) is 0 Å². The second-order valence-corrected chi connectivity index (χ2v) is 6.73. The highest BCUT2D eigenvalue weighted by Gasteiger charge is 2.30. The van der Waals surface area contributed by atoms with Crippen molar-refractivity contribution in [1.29, 1.82) is 0 Å². The standard InChI is InChI=1S/C22H24N2O5/c1-28-18-11-7-10-17(14-18)21(26)23-15-19(25)29-20(16-8-3-2-4-9-16)22(27)24-12-5-6-13-24/h2-4,7-11,14,20H,5-6,12-13,15H2,1H3,(H,23,26)/t20-/m0/s1. The van der Waals surface area contributed by atoms with Crippen molar-refractivity contribution in [2.24, 2.45) is 0 Å². The van der Waals surface area contributed by atoms with E-state index in [9.17, 15) is 14.4 Å². The molecule has 1 fully saturated rings. The zero-order valence-corrected chi connectivity index (χ0v) is 16.3. The molecule has 1 aliphatic rings. The summed E-state index contributed by atoms with van der Waals surface area (Å²) in [6.45, 7) is 0.977. The number of carbonyl (C=O) groups excluding carboxylic acids is 3. The molecule has 0 radical (unpaired) electrons. The third-order valence-electron chi connectivity index (χ3n) is 4.72. The van der Waals surface area contributed by atoms with Crippen LogP contribution in [0.5, 0.6) is 5.75 Å². The van der Waals surface area contributed by atoms with E-state index in [0.29, 0.717) is 30.0 Å². The van der Waals surface area contributed by atoms with E-state index in [-0.39, 0.29) is 12.5 Å². The monoisotopic (exact) mass is 396 g/mol. The molecule has 0 unspecified atom stereocenters. The molecule has 0 aromatic heterocycles. The van der Waals surface area contributed by atoms with Crippen LogP contribution in [-0.2, 0) is 14.3 Å². The molecule has 7 heteroatoms. The van der Waals surface area contributed by atoms with Crippen LogP contribution in [0.2, 0.25) is 0 Å². The number of rotatable bonds is 7. The fourth-order valence-electron chi connectivity index (χ4n) is 3.18. The second-order valence-electron chi connectivity index (χ2n) is 6.73. The number of esters is 1. The van der Waals surface area contributed by atoms with Gasteiger partial charge in [0.25, 0.3) is 11.8 Å². The summed E-state index contributed by atoms with van der Waals surface area (Å²) in [5.41, 5.74) is 0.974. The third-order valence-corrected chi connectivity index (χ3v) is 4.72. The molecule has 1 aliphatic heterocycles. The summed E-state index contributed by atoms with van der Waals surface area (Å²) in [4.78, 5) is 39.2. The lowest BCUT2D eigenvalue weighted by Crippen LogP contribution is -2.37. The van der Waals surface area contributed by atoms with Gasteiger partial charge in [0.2, 0.25) is 6.10 Å². The normalized spacial score (nSPS) is 14.2. The van der Waals surface area contributed by atoms with Gasteiger partial charge in [0.15, 0.2) is 0 Å². The van der Waals surface area contributed by atoms with E-state index >= 15 is 0 Å². The van der Waals surface area contributed by atoms with Crippen molar-refractivity contribution in [2.45, 2.75) is 18.9 Å². The average molecular weight is 396 g/mol. The Morgan fingerprint density at radius 3 is 2.45 bits per heavy atom. The van der Waals surface area contributed by atoms with Crippen LogP contribution in [0.3, 0.4) is 0 Å². The topological polar surface area (TPSA) is 84.9 Å². The molecular weight excluding hydrogens is 372 g/mol. The minimum atomic E-state index is -1.02. The van der Waals surface area contributed by atoms with Crippen molar-refractivity contribution in [3.05, 3.63) is 65.7 Å². The highest BCUT2D eigenvalue weighted by Crippen LogP contribution is 2.23. The van der Waals surface area contributed by atoms with Gasteiger partial charge in [-0.15, -0.1) is 0 Å². The highest BCUT2D eigenvalue weighted by molar-refractivity contribution is 5.96. The number of likely N-dealkylation sites (tertiary alicyclic amines) is 1. The number of nitrogens with one attached hydrogen (secondary N) is 1. The molecule has 0 saturated carbocycles. The Morgan fingerprint density at radius 1 is 1.03 bits per heavy atom. The summed E-state index contributed by atoms with van der Waals surface area (Å²) in [5, 5.41) is 2.52. The maximum Gasteiger partial charge on any atom is 0.326 e. The predicted octanol–water partition coefficient (Wildman–Crippen LogP) is 2.33. The van der Waals surface area contributed by atoms with E-state index in [2.05, 4.69) is 5.32 Å². The molecule has 1 atom stereocenters. The van der Waals surface area contributed by atoms with Gasteiger partial charge in [0, 0.05) is 24.2 Å². The Labute approximate surface area is 169 Å². The zero-order chi connectivity index (χ0) is 20.6. The van der Waals surface area contributed by atoms with Crippen molar-refractivity contribution in [3.8, 4) is 5.75 Å². The number of hydrogen-bond acceptors (Lipinski definition) is 5. The number of methoxy groups -OCH3 is 1. The summed E-state index contributed by atoms with van der Waals surface area (Å²) in [6.07, 6.45) is 0.866. The summed E-state index contributed by atoms with van der Waals surface area (Å²) in [6, 6.07) is 15.5. The number of amides is 2. The van der Waals surface area contributed by atoms with Gasteiger partial charge in [-0.25, -0.2) is 0 Å². The van der Waals surface area contributed by atoms with Crippen molar-refractivity contribution in [2.75, 3.05) is 26.7 Å². The van der Waals surface area contributed by atoms with Crippen LogP contribution in [-0.4, -0.2) is 49.4 Å². The molecular formula is C22H24N2O5. The molecule has 3 rings (SSSR count). The van der Waals surface area contributed by atoms with Crippen LogP contribution in [0.15, 0.2) is 54.6 Å². The van der Waals surface area contributed by atoms with Crippen LogP contribution in [0.25, 0.3) is 0 Å². The van der Waals surface area contributed by atoms with Gasteiger partial charge in [0.1, 0.15) is 12.3 Å². The largest absolute Gasteiger partial charge is 0.497 e. The van der Waals surface area contributed by atoms with Gasteiger partial charge in [-0.3, -0.25) is 14.4 Å². The molecule has 0 spiro atoms. The lowest BCUT2D eigenvalue weighted by atomic mass is 10.1. The van der Waals surface area contributed by atoms with Gasteiger partial charge in [-0.1, -0.05) is 36.4 Å². The number of hydrogen-bond donors (Lipinski definition) is 1. The van der Waals surface area contributed by atoms with Gasteiger partial charge in [-0.05, 0) is 31.0 Å². The van der Waals surface area contributed by atoms with Crippen LogP contribution >= 0.6 is 0 Å². The first kappa shape index (κ1) is 20.4. The Morgan fingerprint density at radius 2 is 1.76 bits per heavy atom. The highest BCUT2D eigenvalue weighted by atomic mass is 16.5. The number of ether oxygens (including phenoxy) is 2. The quantitative estimate of drug-likeness (QED) is 0.726. The smallest absolute Gasteiger partial charge is 0.326 e. The molecule has 2 aromatic rings. The van der Waals surface area contributed by atoms with Gasteiger partial charge < -0.3 is 19.7 Å². The van der Waals surface area contributed by atoms with Gasteiger partial charge in [-0.2, -0.15) is 0 Å². The van der Waals surface area contributed by atoms with Crippen molar-refractivity contribution in [1.82, 2.24) is 10.2 Å². The zero-order valence-electron chi connectivity index (χ0n) is 16.3. The first-order chi connectivity index (χ1) is 14.1. The molecule has 1 N–H and O–H groups in total. The van der Waals surface area contributed by atoms with E-state index in [4.69, 9.17) is 9.47 Å². The molecule has 7 nitrogen and oxygen atoms in total. The maximum absolute atomic E-state index is 12.9. The van der Waals surface area contributed by atoms with E-state index in [1.54, 1.807) is 53.4 Å². The van der Waals surface area contributed by atoms with E-state index in [1.165, 1.54) is 7.11 Å². The van der Waals surface area contributed by atoms with E-state index in [0.717, 1.165) is 12.8 Å². The van der Waals surface area contributed by atoms with Gasteiger partial charge >= 0.3 is 5.97 Å². The van der Waals surface area contributed by atoms with Gasteiger partial charge in [0.05, 0.1) is 7.11 Å². The van der Waals surface area contributed by atoms with Crippen LogP contribution in [0, 0.1) is 0 Å². The average Bonchev–Trinajstić information content (AvgIpc) is 3.31. The fraction of sp³-hybridized carbons (Fsp3) is 0.318. The Balaban J connectivity index is 1.63. The Hall–Kier alpha value is -3.35. The summed E-state index contributed by atoms with van der Waals surface area (Å²) < 4.78 is 10.6. The molecule has 0 bridgehead atoms. The predicted molar refractivity (Wildman–Crippen MR) is 106 cm³/mol. The first-order valence-electron chi connectivity index (χ1n) is 9.54. The molecule has 2 aromatic carbocycles. The number of carbonyl (C=O) groups is 3. The minimum Gasteiger partial charge on any atom is -0.497 e. The molecule has 2 amide bonds. The molecule has 0 aliphatic carbocycles. The van der Waals surface area contributed by atoms with Crippen LogP contribution in [0.4, 0.5) is 0 Å². The molecule has 152 valence electrons. The van der Waals surface area contributed by atoms with E-state index < -0.39 is 18.0 Å². The number of nitrogens with zero attached hydrogens (tertiary/aromatic N) is 1. The lowest BCUT2D eigenvalue weighted by molar-refractivity contribution is -0.159. The minimum absolute atomic E-state index is 0.235. The lowest BCUT2D eigenvalue weighted by Gasteiger charge is -2.23. The first-order valence-corrected chi connectivity index (χ1v) is 9.54. The molecule has 1 saturated heterocycles. The summed E-state index contributed by atoms with van der Waals surface area (Å²) in [5.74, 6) is -0.799. The van der Waals surface area contributed by atoms with Crippen LogP contribution < -0.4 is 10.1 Å². The van der Waals surface area contributed by atoms with Crippen molar-refractivity contribution < 1.29 is 23.9 Å². The molecule has 1 heterocycles. The Bertz CT molecular complexity index is 863.